The van der Waals surface area contributed by atoms with Crippen molar-refractivity contribution in [1.82, 2.24) is 10.2 Å². The molecule has 0 unspecified atom stereocenters. The van der Waals surface area contributed by atoms with Crippen molar-refractivity contribution in [3.8, 4) is 5.75 Å². The zero-order chi connectivity index (χ0) is 14.3. The zero-order valence-corrected chi connectivity index (χ0v) is 13.9. The van der Waals surface area contributed by atoms with Gasteiger partial charge in [-0.3, -0.25) is 4.90 Å². The molecule has 1 saturated heterocycles. The normalized spacial score (nSPS) is 17.8. The summed E-state index contributed by atoms with van der Waals surface area (Å²) >= 11 is 0. The minimum absolute atomic E-state index is 0. The van der Waals surface area contributed by atoms with Crippen molar-refractivity contribution in [3.63, 3.8) is 0 Å². The van der Waals surface area contributed by atoms with Crippen molar-refractivity contribution >= 4 is 0 Å². The number of morpholine rings is 1. The first-order chi connectivity index (χ1) is 10.4. The molecular formula is C17H26ClN2O2-. The molecule has 22 heavy (non-hydrogen) atoms. The Labute approximate surface area is 139 Å². The summed E-state index contributed by atoms with van der Waals surface area (Å²) in [4.78, 5) is 2.44. The SMILES string of the molecule is [Cl-].c1cc2c(cc1OCCNCCN1CCOCC1)CCC2. The number of nitrogens with one attached hydrogen (secondary N) is 1. The second-order valence-electron chi connectivity index (χ2n) is 5.84. The molecule has 0 atom stereocenters. The summed E-state index contributed by atoms with van der Waals surface area (Å²) in [5.74, 6) is 1.02. The van der Waals surface area contributed by atoms with Crippen molar-refractivity contribution in [2.75, 3.05) is 52.5 Å². The third-order valence-corrected chi connectivity index (χ3v) is 4.33. The number of rotatable bonds is 7. The maximum atomic E-state index is 5.83. The fourth-order valence-electron chi connectivity index (χ4n) is 3.07. The van der Waals surface area contributed by atoms with Crippen LogP contribution in [0.25, 0.3) is 0 Å². The lowest BCUT2D eigenvalue weighted by molar-refractivity contribution is -0.00000634. The summed E-state index contributed by atoms with van der Waals surface area (Å²) in [5, 5.41) is 3.45. The van der Waals surface area contributed by atoms with E-state index in [4.69, 9.17) is 9.47 Å². The van der Waals surface area contributed by atoms with Gasteiger partial charge in [0.05, 0.1) is 13.2 Å². The number of halogens is 1. The molecule has 1 aromatic carbocycles. The number of hydrogen-bond donors (Lipinski definition) is 1. The number of ether oxygens (including phenoxy) is 2. The van der Waals surface area contributed by atoms with Crippen LogP contribution in [0.1, 0.15) is 17.5 Å². The van der Waals surface area contributed by atoms with E-state index in [0.717, 1.165) is 58.3 Å². The van der Waals surface area contributed by atoms with Gasteiger partial charge in [-0.2, -0.15) is 0 Å². The van der Waals surface area contributed by atoms with Crippen LogP contribution in [0.15, 0.2) is 18.2 Å². The molecule has 0 saturated carbocycles. The molecule has 0 amide bonds. The maximum absolute atomic E-state index is 5.83. The third kappa shape index (κ3) is 5.13. The first kappa shape index (κ1) is 17.5. The summed E-state index contributed by atoms with van der Waals surface area (Å²) in [7, 11) is 0. The van der Waals surface area contributed by atoms with Gasteiger partial charge in [0, 0.05) is 32.7 Å². The van der Waals surface area contributed by atoms with Crippen LogP contribution in [0.2, 0.25) is 0 Å². The van der Waals surface area contributed by atoms with E-state index in [9.17, 15) is 0 Å². The minimum Gasteiger partial charge on any atom is -1.00 e. The van der Waals surface area contributed by atoms with Crippen LogP contribution in [0, 0.1) is 0 Å². The molecule has 1 aliphatic carbocycles. The van der Waals surface area contributed by atoms with E-state index in [1.807, 2.05) is 0 Å². The molecule has 0 aromatic heterocycles. The van der Waals surface area contributed by atoms with Crippen molar-refractivity contribution in [2.45, 2.75) is 19.3 Å². The Morgan fingerprint density at radius 2 is 1.91 bits per heavy atom. The average Bonchev–Trinajstić information content (AvgIpc) is 2.99. The average molecular weight is 326 g/mol. The van der Waals surface area contributed by atoms with Gasteiger partial charge in [-0.25, -0.2) is 0 Å². The van der Waals surface area contributed by atoms with Crippen molar-refractivity contribution in [2.24, 2.45) is 0 Å². The molecule has 2 aliphatic rings. The van der Waals surface area contributed by atoms with Gasteiger partial charge in [0.1, 0.15) is 12.4 Å². The first-order valence-electron chi connectivity index (χ1n) is 8.17. The lowest BCUT2D eigenvalue weighted by Gasteiger charge is -2.26. The Hall–Kier alpha value is -0.810. The molecule has 1 aliphatic heterocycles. The van der Waals surface area contributed by atoms with Crippen LogP contribution in [0.5, 0.6) is 5.75 Å². The molecule has 0 bridgehead atoms. The molecule has 1 N–H and O–H groups in total. The number of benzene rings is 1. The summed E-state index contributed by atoms with van der Waals surface area (Å²) < 4.78 is 11.2. The standard InChI is InChI=1S/C17H26N2O2.ClH/c1-2-15-4-5-17(14-16(15)3-1)21-11-7-18-6-8-19-9-12-20-13-10-19;/h4-5,14,18H,1-3,6-13H2;1H/p-1. The molecule has 1 aromatic rings. The van der Waals surface area contributed by atoms with Crippen molar-refractivity contribution in [1.29, 1.82) is 0 Å². The summed E-state index contributed by atoms with van der Waals surface area (Å²) in [6, 6.07) is 6.55. The van der Waals surface area contributed by atoms with E-state index in [1.54, 1.807) is 0 Å². The minimum atomic E-state index is 0. The number of aryl methyl sites for hydroxylation is 2. The predicted molar refractivity (Wildman–Crippen MR) is 84.1 cm³/mol. The van der Waals surface area contributed by atoms with Gasteiger partial charge >= 0.3 is 0 Å². The van der Waals surface area contributed by atoms with Gasteiger partial charge in [0.25, 0.3) is 0 Å². The number of fused-ring (bicyclic) bond motifs is 1. The Morgan fingerprint density at radius 3 is 2.77 bits per heavy atom. The third-order valence-electron chi connectivity index (χ3n) is 4.33. The molecular weight excluding hydrogens is 300 g/mol. The lowest BCUT2D eigenvalue weighted by atomic mass is 10.1. The summed E-state index contributed by atoms with van der Waals surface area (Å²) in [6.07, 6.45) is 3.74. The monoisotopic (exact) mass is 325 g/mol. The van der Waals surface area contributed by atoms with Gasteiger partial charge in [-0.05, 0) is 42.5 Å². The van der Waals surface area contributed by atoms with Crippen LogP contribution in [0.4, 0.5) is 0 Å². The summed E-state index contributed by atoms with van der Waals surface area (Å²) in [6.45, 7) is 7.64. The number of nitrogens with zero attached hydrogens (tertiary/aromatic N) is 1. The van der Waals surface area contributed by atoms with Crippen LogP contribution in [0.3, 0.4) is 0 Å². The van der Waals surface area contributed by atoms with Crippen molar-refractivity contribution in [3.05, 3.63) is 29.3 Å². The van der Waals surface area contributed by atoms with Crippen LogP contribution >= 0.6 is 0 Å². The Morgan fingerprint density at radius 1 is 1.09 bits per heavy atom. The van der Waals surface area contributed by atoms with Gasteiger partial charge in [-0.15, -0.1) is 0 Å². The molecule has 0 radical (unpaired) electrons. The van der Waals surface area contributed by atoms with Crippen LogP contribution in [-0.2, 0) is 17.6 Å². The topological polar surface area (TPSA) is 33.7 Å². The van der Waals surface area contributed by atoms with Crippen LogP contribution < -0.4 is 22.5 Å². The zero-order valence-electron chi connectivity index (χ0n) is 13.2. The molecule has 1 heterocycles. The highest BCUT2D eigenvalue weighted by molar-refractivity contribution is 5.38. The predicted octanol–water partition coefficient (Wildman–Crippen LogP) is -1.52. The Bertz CT molecular complexity index is 450. The smallest absolute Gasteiger partial charge is 0.119 e. The van der Waals surface area contributed by atoms with Crippen molar-refractivity contribution < 1.29 is 21.9 Å². The summed E-state index contributed by atoms with van der Waals surface area (Å²) in [5.41, 5.74) is 2.98. The molecule has 1 fully saturated rings. The van der Waals surface area contributed by atoms with E-state index in [0.29, 0.717) is 0 Å². The fraction of sp³-hybridized carbons (Fsp3) is 0.647. The van der Waals surface area contributed by atoms with E-state index >= 15 is 0 Å². The van der Waals surface area contributed by atoms with Gasteiger partial charge in [-0.1, -0.05) is 6.07 Å². The van der Waals surface area contributed by atoms with E-state index in [-0.39, 0.29) is 12.4 Å². The highest BCUT2D eigenvalue weighted by Gasteiger charge is 2.11. The first-order valence-corrected chi connectivity index (χ1v) is 8.17. The molecule has 0 spiro atoms. The highest BCUT2D eigenvalue weighted by Crippen LogP contribution is 2.25. The van der Waals surface area contributed by atoms with E-state index < -0.39 is 0 Å². The Balaban J connectivity index is 0.00000176. The second-order valence-corrected chi connectivity index (χ2v) is 5.84. The van der Waals surface area contributed by atoms with E-state index in [2.05, 4.69) is 28.4 Å². The van der Waals surface area contributed by atoms with Gasteiger partial charge in [0.2, 0.25) is 0 Å². The molecule has 5 heteroatoms. The fourth-order valence-corrected chi connectivity index (χ4v) is 3.07. The lowest BCUT2D eigenvalue weighted by Crippen LogP contribution is -3.00. The van der Waals surface area contributed by atoms with Gasteiger partial charge < -0.3 is 27.2 Å². The quantitative estimate of drug-likeness (QED) is 0.618. The molecule has 124 valence electrons. The van der Waals surface area contributed by atoms with Crippen LogP contribution in [-0.4, -0.2) is 57.4 Å². The highest BCUT2D eigenvalue weighted by atomic mass is 35.5. The second kappa shape index (κ2) is 9.36. The van der Waals surface area contributed by atoms with Gasteiger partial charge in [0.15, 0.2) is 0 Å². The maximum Gasteiger partial charge on any atom is 0.119 e. The molecule has 3 rings (SSSR count). The molecule has 4 nitrogen and oxygen atoms in total. The van der Waals surface area contributed by atoms with E-state index in [1.165, 1.54) is 30.4 Å². The largest absolute Gasteiger partial charge is 1.00 e. The Kier molecular flexibility index (Phi) is 7.46. The number of hydrogen-bond acceptors (Lipinski definition) is 4.